The average molecular weight is 158 g/mol. The molecule has 0 aromatic rings. The van der Waals surface area contributed by atoms with Gasteiger partial charge >= 0.3 is 16.6 Å². The highest BCUT2D eigenvalue weighted by Gasteiger charge is 1.94. The Bertz CT molecular complexity index is 142. The fraction of sp³-hybridized carbons (Fsp3) is 0.500. The summed E-state index contributed by atoms with van der Waals surface area (Å²) >= 11 is 0.546. The van der Waals surface area contributed by atoms with Gasteiger partial charge in [0.25, 0.3) is 0 Å². The number of rotatable bonds is 4. The van der Waals surface area contributed by atoms with Crippen molar-refractivity contribution in [3.05, 3.63) is 12.0 Å². The zero-order chi connectivity index (χ0) is 7.98. The van der Waals surface area contributed by atoms with E-state index in [1.165, 1.54) is 13.0 Å². The third-order valence-corrected chi connectivity index (χ3v) is 1.21. The maximum absolute atomic E-state index is 10.5. The summed E-state index contributed by atoms with van der Waals surface area (Å²) in [6.07, 6.45) is 1.34. The van der Waals surface area contributed by atoms with Gasteiger partial charge in [0.2, 0.25) is 5.95 Å². The van der Waals surface area contributed by atoms with Crippen molar-refractivity contribution in [1.82, 2.24) is 0 Å². The molecule has 3 nitrogen and oxygen atoms in total. The first-order chi connectivity index (χ1) is 4.70. The van der Waals surface area contributed by atoms with Gasteiger partial charge in [0.1, 0.15) is 0 Å². The first-order valence-corrected chi connectivity index (χ1v) is 3.91. The summed E-state index contributed by atoms with van der Waals surface area (Å²) in [7, 11) is 0. The Morgan fingerprint density at radius 3 is 2.60 bits per heavy atom. The average Bonchev–Trinajstić information content (AvgIpc) is 1.86. The lowest BCUT2D eigenvalue weighted by Crippen LogP contribution is -1.97. The number of carbonyl (C=O) groups excluding carboxylic acids is 1. The topological polar surface area (TPSA) is 35.5 Å². The van der Waals surface area contributed by atoms with Crippen molar-refractivity contribution in [3.63, 3.8) is 0 Å². The van der Waals surface area contributed by atoms with E-state index >= 15 is 0 Å². The summed E-state index contributed by atoms with van der Waals surface area (Å²) in [5.41, 5.74) is 0. The molecule has 0 aliphatic heterocycles. The minimum absolute atomic E-state index is 0.0562. The number of hydrogen-bond acceptors (Lipinski definition) is 3. The zero-order valence-electron chi connectivity index (χ0n) is 6.51. The van der Waals surface area contributed by atoms with E-state index < -0.39 is 0 Å². The molecular weight excluding hydrogens is 147 g/mol. The molecular formula is C6H11AlO3. The van der Waals surface area contributed by atoms with Crippen LogP contribution in [0.4, 0.5) is 0 Å². The largest absolute Gasteiger partial charge is 0.621 e. The molecule has 0 radical (unpaired) electrons. The summed E-state index contributed by atoms with van der Waals surface area (Å²) in [5, 5.41) is 0. The summed E-state index contributed by atoms with van der Waals surface area (Å²) in [6, 6.07) is 0. The molecule has 0 atom stereocenters. The number of ether oxygens (including phenoxy) is 1. The predicted molar refractivity (Wildman–Crippen MR) is 40.0 cm³/mol. The lowest BCUT2D eigenvalue weighted by atomic mass is 10.4. The van der Waals surface area contributed by atoms with Gasteiger partial charge in [-0.1, -0.05) is 0 Å². The lowest BCUT2D eigenvalue weighted by Gasteiger charge is -2.06. The highest BCUT2D eigenvalue weighted by molar-refractivity contribution is 5.99. The Morgan fingerprint density at radius 2 is 2.30 bits per heavy atom. The minimum atomic E-state index is -0.0562. The van der Waals surface area contributed by atoms with Crippen molar-refractivity contribution in [2.75, 3.05) is 6.61 Å². The highest BCUT2D eigenvalue weighted by atomic mass is 27.1. The quantitative estimate of drug-likeness (QED) is 0.328. The van der Waals surface area contributed by atoms with Crippen LogP contribution in [0.3, 0.4) is 0 Å². The van der Waals surface area contributed by atoms with E-state index in [2.05, 4.69) is 0 Å². The van der Waals surface area contributed by atoms with Crippen LogP contribution < -0.4 is 0 Å². The normalized spacial score (nSPS) is 10.8. The van der Waals surface area contributed by atoms with Crippen LogP contribution in [0, 0.1) is 0 Å². The van der Waals surface area contributed by atoms with Gasteiger partial charge in [0.15, 0.2) is 5.78 Å². The van der Waals surface area contributed by atoms with Crippen molar-refractivity contribution >= 4 is 22.4 Å². The second-order valence-electron chi connectivity index (χ2n) is 1.71. The third kappa shape index (κ3) is 4.42. The van der Waals surface area contributed by atoms with Crippen molar-refractivity contribution in [1.29, 1.82) is 0 Å². The molecule has 0 amide bonds. The predicted octanol–water partition coefficient (Wildman–Crippen LogP) is 0.0180. The van der Waals surface area contributed by atoms with Gasteiger partial charge in [-0.25, -0.2) is 0 Å². The van der Waals surface area contributed by atoms with Crippen molar-refractivity contribution in [3.8, 4) is 0 Å². The molecule has 0 aromatic carbocycles. The third-order valence-electron chi connectivity index (χ3n) is 0.809. The minimum Gasteiger partial charge on any atom is -0.621 e. The SMILES string of the molecule is CCOC(=CC(C)=O)[O][AlH2]. The van der Waals surface area contributed by atoms with E-state index in [0.29, 0.717) is 29.2 Å². The van der Waals surface area contributed by atoms with Gasteiger partial charge < -0.3 is 8.53 Å². The summed E-state index contributed by atoms with van der Waals surface area (Å²) in [4.78, 5) is 10.5. The standard InChI is InChI=1S/C6H10O3.Al.2H/c1-3-9-6(8)4-5(2)7;;;/h4,8H,3H2,1-2H3;;;/q;+1;;/p-1. The molecule has 56 valence electrons. The molecule has 10 heavy (non-hydrogen) atoms. The molecule has 0 N–H and O–H groups in total. The Kier molecular flexibility index (Phi) is 5.09. The fourth-order valence-corrected chi connectivity index (χ4v) is 0.703. The lowest BCUT2D eigenvalue weighted by molar-refractivity contribution is -0.113. The zero-order valence-corrected chi connectivity index (χ0v) is 8.51. The van der Waals surface area contributed by atoms with Gasteiger partial charge in [-0.2, -0.15) is 0 Å². The Hall–Kier alpha value is -0.458. The van der Waals surface area contributed by atoms with Crippen LogP contribution in [-0.4, -0.2) is 29.0 Å². The van der Waals surface area contributed by atoms with Crippen LogP contribution in [0.2, 0.25) is 0 Å². The Balaban J connectivity index is 3.91. The second-order valence-corrected chi connectivity index (χ2v) is 2.12. The highest BCUT2D eigenvalue weighted by Crippen LogP contribution is 1.96. The van der Waals surface area contributed by atoms with Crippen LogP contribution in [0.15, 0.2) is 12.0 Å². The molecule has 0 saturated carbocycles. The maximum Gasteiger partial charge on any atom is 0.499 e. The van der Waals surface area contributed by atoms with Crippen molar-refractivity contribution in [2.45, 2.75) is 13.8 Å². The van der Waals surface area contributed by atoms with Gasteiger partial charge in [-0.3, -0.25) is 4.79 Å². The van der Waals surface area contributed by atoms with Crippen molar-refractivity contribution in [2.24, 2.45) is 0 Å². The van der Waals surface area contributed by atoms with E-state index in [0.717, 1.165) is 0 Å². The monoisotopic (exact) mass is 158 g/mol. The van der Waals surface area contributed by atoms with E-state index in [9.17, 15) is 4.79 Å². The summed E-state index contributed by atoms with van der Waals surface area (Å²) < 4.78 is 9.81. The first kappa shape index (κ1) is 9.54. The van der Waals surface area contributed by atoms with Gasteiger partial charge in [-0.15, -0.1) is 0 Å². The molecule has 0 bridgehead atoms. The van der Waals surface area contributed by atoms with Gasteiger partial charge in [-0.05, 0) is 13.8 Å². The van der Waals surface area contributed by atoms with Crippen LogP contribution in [0.1, 0.15) is 13.8 Å². The molecule has 0 aliphatic carbocycles. The maximum atomic E-state index is 10.5. The molecule has 4 heteroatoms. The number of ketones is 1. The van der Waals surface area contributed by atoms with E-state index in [1.807, 2.05) is 6.92 Å². The van der Waals surface area contributed by atoms with E-state index in [-0.39, 0.29) is 5.78 Å². The van der Waals surface area contributed by atoms with Crippen LogP contribution in [0.5, 0.6) is 0 Å². The van der Waals surface area contributed by atoms with Gasteiger partial charge in [0, 0.05) is 0 Å². The molecule has 0 saturated heterocycles. The molecule has 0 unspecified atom stereocenters. The summed E-state index contributed by atoms with van der Waals surface area (Å²) in [6.45, 7) is 3.83. The number of allylic oxidation sites excluding steroid dienone is 1. The van der Waals surface area contributed by atoms with Crippen LogP contribution >= 0.6 is 0 Å². The van der Waals surface area contributed by atoms with Gasteiger partial charge in [0.05, 0.1) is 12.7 Å². The number of carbonyl (C=O) groups is 1. The molecule has 0 spiro atoms. The van der Waals surface area contributed by atoms with Crippen LogP contribution in [-0.2, 0) is 13.3 Å². The Labute approximate surface area is 68.8 Å². The summed E-state index contributed by atoms with van der Waals surface area (Å²) in [5.74, 6) is 0.279. The first-order valence-electron chi connectivity index (χ1n) is 3.09. The van der Waals surface area contributed by atoms with Crippen molar-refractivity contribution < 1.29 is 13.3 Å². The smallest absolute Gasteiger partial charge is 0.499 e. The molecule has 0 fully saturated rings. The van der Waals surface area contributed by atoms with Crippen LogP contribution in [0.25, 0.3) is 0 Å². The molecule has 0 aromatic heterocycles. The molecule has 0 rings (SSSR count). The van der Waals surface area contributed by atoms with E-state index in [1.54, 1.807) is 0 Å². The van der Waals surface area contributed by atoms with E-state index in [4.69, 9.17) is 8.53 Å². The second kappa shape index (κ2) is 5.34. The fourth-order valence-electron chi connectivity index (χ4n) is 0.468. The molecule has 0 heterocycles. The number of hydrogen-bond donors (Lipinski definition) is 0. The molecule has 0 aliphatic rings. The Morgan fingerprint density at radius 1 is 1.70 bits per heavy atom.